The maximum Gasteiger partial charge on any atom is 0.132 e. The average Bonchev–Trinajstić information content (AvgIpc) is 2.80. The summed E-state index contributed by atoms with van der Waals surface area (Å²) in [7, 11) is 0. The summed E-state index contributed by atoms with van der Waals surface area (Å²) in [6, 6.07) is 0. The van der Waals surface area contributed by atoms with Crippen molar-refractivity contribution in [3.8, 4) is 0 Å². The van der Waals surface area contributed by atoms with Gasteiger partial charge in [-0.15, -0.1) is 0 Å². The normalized spacial score (nSPS) is 13.3. The fraction of sp³-hybridized carbons (Fsp3) is 0.968. The third-order valence-electron chi connectivity index (χ3n) is 7.63. The van der Waals surface area contributed by atoms with Gasteiger partial charge in [-0.05, 0) is 25.7 Å². The molecule has 0 rings (SSSR count). The molecule has 0 aliphatic heterocycles. The summed E-state index contributed by atoms with van der Waals surface area (Å²) in [4.78, 5) is 11.2. The smallest absolute Gasteiger partial charge is 0.132 e. The molecule has 0 saturated carbocycles. The van der Waals surface area contributed by atoms with Crippen molar-refractivity contribution in [3.05, 3.63) is 0 Å². The quantitative estimate of drug-likeness (QED) is 0.122. The third-order valence-corrected chi connectivity index (χ3v) is 7.63. The topological polar surface area (TPSA) is 37.3 Å². The summed E-state index contributed by atoms with van der Waals surface area (Å²) in [6.07, 6.45) is 32.7. The lowest BCUT2D eigenvalue weighted by Crippen LogP contribution is -2.05. The molecule has 2 heteroatoms. The molecule has 0 aromatic rings. The fourth-order valence-corrected chi connectivity index (χ4v) is 4.90. The zero-order valence-electron chi connectivity index (χ0n) is 23.2. The second kappa shape index (κ2) is 26.2. The van der Waals surface area contributed by atoms with Crippen LogP contribution in [0.25, 0.3) is 0 Å². The molecule has 0 aliphatic rings. The zero-order chi connectivity index (χ0) is 24.4. The van der Waals surface area contributed by atoms with E-state index in [1.54, 1.807) is 6.92 Å². The van der Waals surface area contributed by atoms with Crippen molar-refractivity contribution in [2.75, 3.05) is 6.61 Å². The Morgan fingerprint density at radius 2 is 0.758 bits per heavy atom. The summed E-state index contributed by atoms with van der Waals surface area (Å²) in [5, 5.41) is 8.77. The summed E-state index contributed by atoms with van der Waals surface area (Å²) < 4.78 is 0. The van der Waals surface area contributed by atoms with E-state index in [-0.39, 0.29) is 5.92 Å². The van der Waals surface area contributed by atoms with E-state index in [4.69, 9.17) is 5.11 Å². The van der Waals surface area contributed by atoms with E-state index < -0.39 is 0 Å². The van der Waals surface area contributed by atoms with Crippen LogP contribution in [0.1, 0.15) is 175 Å². The van der Waals surface area contributed by atoms with Gasteiger partial charge in [-0.25, -0.2) is 0 Å². The number of carbonyl (C=O) groups is 1. The maximum absolute atomic E-state index is 11.2. The van der Waals surface area contributed by atoms with Crippen LogP contribution >= 0.6 is 0 Å². The Morgan fingerprint density at radius 3 is 1.06 bits per heavy atom. The average molecular weight is 467 g/mol. The molecule has 0 saturated heterocycles. The van der Waals surface area contributed by atoms with Gasteiger partial charge >= 0.3 is 0 Å². The highest BCUT2D eigenvalue weighted by atomic mass is 16.2. The maximum atomic E-state index is 11.2. The molecule has 0 fully saturated rings. The van der Waals surface area contributed by atoms with Crippen molar-refractivity contribution < 1.29 is 9.90 Å². The van der Waals surface area contributed by atoms with Crippen molar-refractivity contribution in [2.24, 2.45) is 11.8 Å². The van der Waals surface area contributed by atoms with Gasteiger partial charge in [0, 0.05) is 12.5 Å². The number of carbonyl (C=O) groups excluding carboxylic acids is 1. The van der Waals surface area contributed by atoms with Gasteiger partial charge in [-0.1, -0.05) is 155 Å². The van der Waals surface area contributed by atoms with Gasteiger partial charge in [0.2, 0.25) is 0 Å². The van der Waals surface area contributed by atoms with Crippen molar-refractivity contribution in [1.82, 2.24) is 0 Å². The Labute approximate surface area is 209 Å². The van der Waals surface area contributed by atoms with Crippen LogP contribution < -0.4 is 0 Å². The lowest BCUT2D eigenvalue weighted by atomic mass is 9.95. The molecule has 0 heterocycles. The minimum absolute atomic E-state index is 0.268. The Balaban J connectivity index is 3.18. The van der Waals surface area contributed by atoms with E-state index in [2.05, 4.69) is 13.8 Å². The van der Waals surface area contributed by atoms with Gasteiger partial charge in [-0.3, -0.25) is 4.79 Å². The van der Waals surface area contributed by atoms with Gasteiger partial charge in [0.25, 0.3) is 0 Å². The predicted molar refractivity (Wildman–Crippen MR) is 147 cm³/mol. The predicted octanol–water partition coefficient (Wildman–Crippen LogP) is 10.2. The molecule has 0 unspecified atom stereocenters. The van der Waals surface area contributed by atoms with E-state index in [1.807, 2.05) is 0 Å². The first-order valence-corrected chi connectivity index (χ1v) is 15.2. The summed E-state index contributed by atoms with van der Waals surface area (Å²) in [6.45, 7) is 6.61. The summed E-state index contributed by atoms with van der Waals surface area (Å²) in [5.41, 5.74) is 0. The minimum Gasteiger partial charge on any atom is -0.396 e. The summed E-state index contributed by atoms with van der Waals surface area (Å²) >= 11 is 0. The number of ketones is 1. The van der Waals surface area contributed by atoms with Crippen molar-refractivity contribution in [1.29, 1.82) is 0 Å². The lowest BCUT2D eigenvalue weighted by Gasteiger charge is -2.11. The Kier molecular flexibility index (Phi) is 25.9. The highest BCUT2D eigenvalue weighted by molar-refractivity contribution is 5.77. The standard InChI is InChI=1S/C31H62O2/c1-29(26-22-18-16-19-23-27-30(2)31(3)33)25-21-17-14-12-10-8-6-4-5-7-9-11-13-15-20-24-28-32/h29-30,32H,4-28H2,1-3H3/t29-,30-/m0/s1. The molecule has 1 N–H and O–H groups in total. The van der Waals surface area contributed by atoms with Crippen LogP contribution in [0.2, 0.25) is 0 Å². The van der Waals surface area contributed by atoms with Crippen molar-refractivity contribution in [3.63, 3.8) is 0 Å². The van der Waals surface area contributed by atoms with Crippen LogP contribution in [0.3, 0.4) is 0 Å². The number of unbranched alkanes of at least 4 members (excludes halogenated alkanes) is 19. The molecular weight excluding hydrogens is 404 g/mol. The molecule has 33 heavy (non-hydrogen) atoms. The van der Waals surface area contributed by atoms with Crippen molar-refractivity contribution in [2.45, 2.75) is 175 Å². The van der Waals surface area contributed by atoms with E-state index in [0.29, 0.717) is 12.4 Å². The number of hydrogen-bond acceptors (Lipinski definition) is 2. The van der Waals surface area contributed by atoms with Gasteiger partial charge in [0.05, 0.1) is 0 Å². The number of hydrogen-bond donors (Lipinski definition) is 1. The third kappa shape index (κ3) is 26.1. The Bertz CT molecular complexity index is 392. The van der Waals surface area contributed by atoms with Crippen LogP contribution in [0.5, 0.6) is 0 Å². The van der Waals surface area contributed by atoms with Gasteiger partial charge in [0.15, 0.2) is 0 Å². The van der Waals surface area contributed by atoms with Gasteiger partial charge in [-0.2, -0.15) is 0 Å². The largest absolute Gasteiger partial charge is 0.396 e. The summed E-state index contributed by atoms with van der Waals surface area (Å²) in [5.74, 6) is 1.52. The Hall–Kier alpha value is -0.370. The molecule has 0 aromatic carbocycles. The molecule has 2 atom stereocenters. The van der Waals surface area contributed by atoms with E-state index in [9.17, 15) is 4.79 Å². The molecule has 198 valence electrons. The minimum atomic E-state index is 0.268. The lowest BCUT2D eigenvalue weighted by molar-refractivity contribution is -0.120. The van der Waals surface area contributed by atoms with Crippen LogP contribution in [0.15, 0.2) is 0 Å². The van der Waals surface area contributed by atoms with Crippen LogP contribution in [-0.4, -0.2) is 17.5 Å². The van der Waals surface area contributed by atoms with E-state index in [1.165, 1.54) is 141 Å². The van der Waals surface area contributed by atoms with Crippen LogP contribution in [0, 0.1) is 11.8 Å². The first-order valence-electron chi connectivity index (χ1n) is 15.2. The molecule has 2 nitrogen and oxygen atoms in total. The molecule has 0 bridgehead atoms. The first-order chi connectivity index (χ1) is 16.1. The number of aliphatic hydroxyl groups is 1. The van der Waals surface area contributed by atoms with E-state index >= 15 is 0 Å². The molecule has 0 aliphatic carbocycles. The number of Topliss-reactive ketones (excluding diaryl/α,β-unsaturated/α-hetero) is 1. The number of rotatable bonds is 27. The van der Waals surface area contributed by atoms with Crippen LogP contribution in [0.4, 0.5) is 0 Å². The highest BCUT2D eigenvalue weighted by Crippen LogP contribution is 2.19. The SMILES string of the molecule is CC(=O)[C@@H](C)CCCCCCC[C@@H](C)CCCCCCCCCCCCCCCCCCO. The second-order valence-corrected chi connectivity index (χ2v) is 11.1. The first kappa shape index (κ1) is 32.6. The Morgan fingerprint density at radius 1 is 0.485 bits per heavy atom. The van der Waals surface area contributed by atoms with Crippen LogP contribution in [-0.2, 0) is 4.79 Å². The fourth-order valence-electron chi connectivity index (χ4n) is 4.90. The molecule has 0 spiro atoms. The zero-order valence-corrected chi connectivity index (χ0v) is 23.2. The number of aliphatic hydroxyl groups excluding tert-OH is 1. The molecule has 0 radical (unpaired) electrons. The molecular formula is C31H62O2. The molecule has 0 aromatic heterocycles. The van der Waals surface area contributed by atoms with Gasteiger partial charge < -0.3 is 5.11 Å². The monoisotopic (exact) mass is 466 g/mol. The highest BCUT2D eigenvalue weighted by Gasteiger charge is 2.06. The van der Waals surface area contributed by atoms with Crippen molar-refractivity contribution >= 4 is 5.78 Å². The van der Waals surface area contributed by atoms with E-state index in [0.717, 1.165) is 18.8 Å². The molecule has 0 amide bonds. The van der Waals surface area contributed by atoms with Gasteiger partial charge in [0.1, 0.15) is 5.78 Å². The second-order valence-electron chi connectivity index (χ2n) is 11.1.